The molecule has 110 valence electrons. The molecule has 2 bridgehead atoms. The summed E-state index contributed by atoms with van der Waals surface area (Å²) in [5.41, 5.74) is 5.44. The molecule has 0 heterocycles. The van der Waals surface area contributed by atoms with Crippen LogP contribution in [0.2, 0.25) is 0 Å². The average Bonchev–Trinajstić information content (AvgIpc) is 3.12. The number of benzene rings is 2. The van der Waals surface area contributed by atoms with Gasteiger partial charge in [-0.25, -0.2) is 0 Å². The van der Waals surface area contributed by atoms with Crippen LogP contribution < -0.4 is 0 Å². The number of hydrogen-bond donors (Lipinski definition) is 0. The van der Waals surface area contributed by atoms with E-state index in [1.165, 1.54) is 33.0 Å². The van der Waals surface area contributed by atoms with Crippen molar-refractivity contribution in [2.75, 3.05) is 0 Å². The van der Waals surface area contributed by atoms with E-state index in [4.69, 9.17) is 0 Å². The first kappa shape index (κ1) is 12.6. The molecule has 3 aliphatic carbocycles. The summed E-state index contributed by atoms with van der Waals surface area (Å²) in [7, 11) is 0. The lowest BCUT2D eigenvalue weighted by molar-refractivity contribution is -0.126. The molecule has 0 aromatic heterocycles. The summed E-state index contributed by atoms with van der Waals surface area (Å²) in [5, 5.41) is 2.65. The largest absolute Gasteiger partial charge is 0.299 e. The zero-order chi connectivity index (χ0) is 14.9. The lowest BCUT2D eigenvalue weighted by Gasteiger charge is -2.40. The van der Waals surface area contributed by atoms with Gasteiger partial charge in [0, 0.05) is 6.42 Å². The van der Waals surface area contributed by atoms with Crippen LogP contribution >= 0.6 is 0 Å². The second-order valence-corrected chi connectivity index (χ2v) is 7.38. The zero-order valence-electron chi connectivity index (χ0n) is 13.0. The van der Waals surface area contributed by atoms with Crippen LogP contribution in [0.15, 0.2) is 42.0 Å². The first-order valence-corrected chi connectivity index (χ1v) is 8.42. The average molecular weight is 288 g/mol. The molecule has 1 heteroatoms. The maximum atomic E-state index is 13.0. The van der Waals surface area contributed by atoms with Gasteiger partial charge in [0.1, 0.15) is 5.78 Å². The molecule has 22 heavy (non-hydrogen) atoms. The Labute approximate surface area is 131 Å². The smallest absolute Gasteiger partial charge is 0.144 e. The Morgan fingerprint density at radius 3 is 2.86 bits per heavy atom. The second-order valence-electron chi connectivity index (χ2n) is 7.38. The zero-order valence-corrected chi connectivity index (χ0v) is 13.0. The number of Topliss-reactive ketones (excluding diaryl/α,β-unsaturated/α-hetero) is 1. The third-order valence-corrected chi connectivity index (χ3v) is 6.32. The molecule has 2 unspecified atom stereocenters. The molecule has 1 saturated carbocycles. The number of rotatable bonds is 0. The van der Waals surface area contributed by atoms with Crippen molar-refractivity contribution in [2.45, 2.75) is 44.4 Å². The van der Waals surface area contributed by atoms with Crippen LogP contribution in [-0.2, 0) is 16.6 Å². The van der Waals surface area contributed by atoms with Crippen LogP contribution in [0.25, 0.3) is 10.8 Å². The Hall–Kier alpha value is -1.89. The summed E-state index contributed by atoms with van der Waals surface area (Å²) in [4.78, 5) is 13.0. The number of aryl methyl sites for hydroxylation is 2. The lowest BCUT2D eigenvalue weighted by atomic mass is 9.61. The highest BCUT2D eigenvalue weighted by Crippen LogP contribution is 2.57. The highest BCUT2D eigenvalue weighted by Gasteiger charge is 2.55. The summed E-state index contributed by atoms with van der Waals surface area (Å²) in [6, 6.07) is 11.2. The van der Waals surface area contributed by atoms with E-state index in [2.05, 4.69) is 43.3 Å². The van der Waals surface area contributed by atoms with Crippen molar-refractivity contribution in [2.24, 2.45) is 5.92 Å². The molecule has 0 radical (unpaired) electrons. The molecular formula is C21H20O. The van der Waals surface area contributed by atoms with E-state index in [9.17, 15) is 4.79 Å². The van der Waals surface area contributed by atoms with Crippen molar-refractivity contribution in [3.8, 4) is 0 Å². The van der Waals surface area contributed by atoms with Gasteiger partial charge in [0.25, 0.3) is 0 Å². The Bertz CT molecular complexity index is 858. The molecule has 0 N–H and O–H groups in total. The number of carbonyl (C=O) groups excluding carboxylic acids is 1. The quantitative estimate of drug-likeness (QED) is 0.645. The molecule has 1 spiro atoms. The minimum Gasteiger partial charge on any atom is -0.299 e. The van der Waals surface area contributed by atoms with Gasteiger partial charge in [-0.15, -0.1) is 0 Å². The minimum atomic E-state index is -0.186. The molecule has 0 saturated heterocycles. The van der Waals surface area contributed by atoms with Crippen molar-refractivity contribution in [1.29, 1.82) is 0 Å². The van der Waals surface area contributed by atoms with Crippen LogP contribution in [0.4, 0.5) is 0 Å². The molecular weight excluding hydrogens is 268 g/mol. The summed E-state index contributed by atoms with van der Waals surface area (Å²) in [5.74, 6) is 1.02. The Morgan fingerprint density at radius 1 is 1.18 bits per heavy atom. The number of hydrogen-bond acceptors (Lipinski definition) is 1. The normalized spacial score (nSPS) is 29.2. The Balaban J connectivity index is 1.82. The van der Waals surface area contributed by atoms with Crippen molar-refractivity contribution >= 4 is 16.6 Å². The summed E-state index contributed by atoms with van der Waals surface area (Å²) >= 11 is 0. The third kappa shape index (κ3) is 1.42. The predicted molar refractivity (Wildman–Crippen MR) is 89.1 cm³/mol. The topological polar surface area (TPSA) is 17.1 Å². The Morgan fingerprint density at radius 2 is 2.09 bits per heavy atom. The maximum absolute atomic E-state index is 13.0. The number of ketones is 1. The molecule has 1 fully saturated rings. The molecule has 2 atom stereocenters. The van der Waals surface area contributed by atoms with E-state index >= 15 is 0 Å². The van der Waals surface area contributed by atoms with E-state index in [1.54, 1.807) is 0 Å². The van der Waals surface area contributed by atoms with Crippen LogP contribution in [0, 0.1) is 12.8 Å². The summed E-state index contributed by atoms with van der Waals surface area (Å²) in [6.07, 6.45) is 7.27. The van der Waals surface area contributed by atoms with Gasteiger partial charge in [0.2, 0.25) is 0 Å². The van der Waals surface area contributed by atoms with Crippen LogP contribution in [0.1, 0.15) is 42.4 Å². The predicted octanol–water partition coefficient (Wildman–Crippen LogP) is 4.64. The van der Waals surface area contributed by atoms with Gasteiger partial charge in [-0.2, -0.15) is 0 Å². The van der Waals surface area contributed by atoms with Crippen molar-refractivity contribution in [1.82, 2.24) is 0 Å². The SMILES string of the molecule is Cc1cccc2cc3c(cc12)C1(CC2=CCC1C2)C(=O)CC3. The molecule has 2 aromatic rings. The fourth-order valence-electron chi connectivity index (χ4n) is 5.23. The maximum Gasteiger partial charge on any atom is 0.144 e. The van der Waals surface area contributed by atoms with Crippen LogP contribution in [0.3, 0.4) is 0 Å². The van der Waals surface area contributed by atoms with Gasteiger partial charge in [0.05, 0.1) is 5.41 Å². The molecule has 0 aliphatic heterocycles. The first-order valence-electron chi connectivity index (χ1n) is 8.42. The molecule has 0 amide bonds. The van der Waals surface area contributed by atoms with Gasteiger partial charge in [-0.3, -0.25) is 4.79 Å². The fraction of sp³-hybridized carbons (Fsp3) is 0.381. The third-order valence-electron chi connectivity index (χ3n) is 6.32. The van der Waals surface area contributed by atoms with Crippen molar-refractivity contribution in [3.63, 3.8) is 0 Å². The van der Waals surface area contributed by atoms with Gasteiger partial charge in [0.15, 0.2) is 0 Å². The van der Waals surface area contributed by atoms with E-state index in [-0.39, 0.29) is 5.41 Å². The monoisotopic (exact) mass is 288 g/mol. The first-order chi connectivity index (χ1) is 10.7. The number of fused-ring (bicyclic) bond motifs is 6. The highest BCUT2D eigenvalue weighted by molar-refractivity contribution is 5.97. The van der Waals surface area contributed by atoms with E-state index in [0.717, 1.165) is 32.1 Å². The summed E-state index contributed by atoms with van der Waals surface area (Å²) in [6.45, 7) is 2.18. The van der Waals surface area contributed by atoms with Gasteiger partial charge >= 0.3 is 0 Å². The molecule has 5 rings (SSSR count). The highest BCUT2D eigenvalue weighted by atomic mass is 16.1. The fourth-order valence-corrected chi connectivity index (χ4v) is 5.23. The van der Waals surface area contributed by atoms with Gasteiger partial charge in [-0.1, -0.05) is 35.9 Å². The van der Waals surface area contributed by atoms with Crippen molar-refractivity contribution < 1.29 is 4.79 Å². The van der Waals surface area contributed by atoms with Gasteiger partial charge < -0.3 is 0 Å². The lowest BCUT2D eigenvalue weighted by Crippen LogP contribution is -2.43. The standard InChI is InChI=1S/C21H20O/c1-13-3-2-4-15-10-16-6-8-20(22)21(19(16)11-18(13)15)12-14-5-7-17(21)9-14/h2-5,10-11,17H,6-9,12H2,1H3. The molecule has 3 aliphatic rings. The number of allylic oxidation sites excluding steroid dienone is 2. The van der Waals surface area contributed by atoms with E-state index in [1.807, 2.05) is 0 Å². The molecule has 2 aromatic carbocycles. The van der Waals surface area contributed by atoms with Crippen LogP contribution in [0.5, 0.6) is 0 Å². The summed E-state index contributed by atoms with van der Waals surface area (Å²) < 4.78 is 0. The van der Waals surface area contributed by atoms with E-state index in [0.29, 0.717) is 11.7 Å². The van der Waals surface area contributed by atoms with E-state index < -0.39 is 0 Å². The number of carbonyl (C=O) groups is 1. The van der Waals surface area contributed by atoms with Crippen LogP contribution in [-0.4, -0.2) is 5.78 Å². The van der Waals surface area contributed by atoms with Gasteiger partial charge in [-0.05, 0) is 72.1 Å². The second kappa shape index (κ2) is 4.10. The molecule has 1 nitrogen and oxygen atoms in total. The minimum absolute atomic E-state index is 0.186. The van der Waals surface area contributed by atoms with Crippen molar-refractivity contribution in [3.05, 3.63) is 58.7 Å². The Kier molecular flexibility index (Phi) is 2.35.